The van der Waals surface area contributed by atoms with Crippen LogP contribution in [0.3, 0.4) is 0 Å². The van der Waals surface area contributed by atoms with Gasteiger partial charge >= 0.3 is 0 Å². The molecule has 0 atom stereocenters. The number of amides is 2. The summed E-state index contributed by atoms with van der Waals surface area (Å²) in [6.07, 6.45) is 16.2. The Hall–Kier alpha value is -2.63. The number of imidazole rings is 1. The molecule has 0 radical (unpaired) electrons. The monoisotopic (exact) mass is 345 g/mol. The quantitative estimate of drug-likeness (QED) is 0.856. The van der Waals surface area contributed by atoms with E-state index < -0.39 is 0 Å². The lowest BCUT2D eigenvalue weighted by molar-refractivity contribution is -0.566. The maximum Gasteiger partial charge on any atom is 0.246 e. The van der Waals surface area contributed by atoms with Gasteiger partial charge in [-0.05, 0) is 31.7 Å². The number of H-pyrrole nitrogens is 1. The van der Waals surface area contributed by atoms with Crippen LogP contribution in [0.25, 0.3) is 6.20 Å². The molecule has 1 N–H and O–H groups in total. The maximum atomic E-state index is 11.1. The van der Waals surface area contributed by atoms with Gasteiger partial charge in [0.05, 0.1) is 6.20 Å². The Kier molecular flexibility index (Phi) is 9.67. The molecule has 2 saturated heterocycles. The molecule has 0 spiro atoms. The highest BCUT2D eigenvalue weighted by Gasteiger charge is 2.16. The van der Waals surface area contributed by atoms with Gasteiger partial charge in [0.1, 0.15) is 12.4 Å². The summed E-state index contributed by atoms with van der Waals surface area (Å²) in [6, 6.07) is 0. The van der Waals surface area contributed by atoms with E-state index in [2.05, 4.69) is 24.7 Å². The van der Waals surface area contributed by atoms with Gasteiger partial charge < -0.3 is 9.80 Å². The third kappa shape index (κ3) is 7.65. The molecule has 6 nitrogen and oxygen atoms in total. The summed E-state index contributed by atoms with van der Waals surface area (Å²) >= 11 is 0. The number of rotatable bonds is 3. The normalized spacial score (nSPS) is 16.8. The fourth-order valence-electron chi connectivity index (χ4n) is 2.47. The number of aromatic nitrogens is 2. The smallest absolute Gasteiger partial charge is 0.246 e. The first kappa shape index (κ1) is 20.4. The summed E-state index contributed by atoms with van der Waals surface area (Å²) < 4.78 is 1.83. The summed E-state index contributed by atoms with van der Waals surface area (Å²) in [5.41, 5.74) is 0. The number of likely N-dealkylation sites (tertiary alicyclic amines) is 2. The molecule has 0 saturated carbocycles. The van der Waals surface area contributed by atoms with Gasteiger partial charge in [-0.3, -0.25) is 9.59 Å². The van der Waals surface area contributed by atoms with Crippen molar-refractivity contribution in [2.45, 2.75) is 38.5 Å². The number of aromatic amines is 1. The molecule has 6 heteroatoms. The minimum absolute atomic E-state index is 0.208. The van der Waals surface area contributed by atoms with Crippen LogP contribution in [0.5, 0.6) is 0 Å². The van der Waals surface area contributed by atoms with Crippen molar-refractivity contribution in [3.05, 3.63) is 50.9 Å². The van der Waals surface area contributed by atoms with Crippen LogP contribution in [0, 0.1) is 0 Å². The summed E-state index contributed by atoms with van der Waals surface area (Å²) in [7, 11) is 0. The minimum atomic E-state index is 0.208. The van der Waals surface area contributed by atoms with Crippen molar-refractivity contribution < 1.29 is 14.2 Å². The lowest BCUT2D eigenvalue weighted by Gasteiger charge is -2.13. The summed E-state index contributed by atoms with van der Waals surface area (Å²) in [5, 5.41) is 0. The van der Waals surface area contributed by atoms with E-state index in [1.54, 1.807) is 28.4 Å². The largest absolute Gasteiger partial charge is 0.320 e. The number of hydrogen-bond donors (Lipinski definition) is 1. The van der Waals surface area contributed by atoms with E-state index in [0.717, 1.165) is 32.4 Å². The van der Waals surface area contributed by atoms with Crippen LogP contribution in [0.1, 0.15) is 38.5 Å². The zero-order valence-corrected chi connectivity index (χ0v) is 14.9. The predicted molar refractivity (Wildman–Crippen MR) is 98.9 cm³/mol. The van der Waals surface area contributed by atoms with E-state index in [0.29, 0.717) is 12.8 Å². The average Bonchev–Trinajstić information content (AvgIpc) is 3.25. The van der Waals surface area contributed by atoms with E-state index in [4.69, 9.17) is 0 Å². The molecule has 2 amide bonds. The highest BCUT2D eigenvalue weighted by atomic mass is 16.2. The Labute approximate surface area is 150 Å². The Balaban J connectivity index is 0.000000191. The second-order valence-corrected chi connectivity index (χ2v) is 5.69. The van der Waals surface area contributed by atoms with Crippen LogP contribution in [-0.4, -0.2) is 39.7 Å². The first-order valence-corrected chi connectivity index (χ1v) is 8.62. The molecular weight excluding hydrogens is 316 g/mol. The van der Waals surface area contributed by atoms with E-state index in [1.807, 2.05) is 23.3 Å². The predicted octanol–water partition coefficient (Wildman–Crippen LogP) is 2.69. The van der Waals surface area contributed by atoms with Crippen LogP contribution >= 0.6 is 0 Å². The average molecular weight is 345 g/mol. The van der Waals surface area contributed by atoms with Crippen molar-refractivity contribution in [3.63, 3.8) is 0 Å². The molecule has 136 valence electrons. The fourth-order valence-corrected chi connectivity index (χ4v) is 2.47. The summed E-state index contributed by atoms with van der Waals surface area (Å²) in [5.74, 6) is 0.438. The highest BCUT2D eigenvalue weighted by Crippen LogP contribution is 2.10. The van der Waals surface area contributed by atoms with Crippen LogP contribution in [0.15, 0.2) is 50.9 Å². The molecule has 0 unspecified atom stereocenters. The van der Waals surface area contributed by atoms with Crippen LogP contribution in [0.2, 0.25) is 0 Å². The second-order valence-electron chi connectivity index (χ2n) is 5.69. The van der Waals surface area contributed by atoms with Crippen molar-refractivity contribution >= 4 is 18.0 Å². The molecule has 2 aliphatic rings. The van der Waals surface area contributed by atoms with Crippen molar-refractivity contribution in [2.75, 3.05) is 13.1 Å². The van der Waals surface area contributed by atoms with Gasteiger partial charge in [-0.1, -0.05) is 26.2 Å². The third-order valence-electron chi connectivity index (χ3n) is 3.94. The lowest BCUT2D eigenvalue weighted by atomic mass is 10.2. The van der Waals surface area contributed by atoms with Crippen molar-refractivity contribution in [2.24, 2.45) is 0 Å². The molecular formula is C19H29N4O2+. The Morgan fingerprint density at radius 1 is 0.920 bits per heavy atom. The fraction of sp³-hybridized carbons (Fsp3) is 0.421. The van der Waals surface area contributed by atoms with Gasteiger partial charge in [-0.25, -0.2) is 9.55 Å². The van der Waals surface area contributed by atoms with E-state index in [-0.39, 0.29) is 11.8 Å². The summed E-state index contributed by atoms with van der Waals surface area (Å²) in [4.78, 5) is 28.0. The lowest BCUT2D eigenvalue weighted by Crippen LogP contribution is -2.23. The first-order valence-electron chi connectivity index (χ1n) is 8.62. The molecule has 2 fully saturated rings. The number of hydrogen-bond acceptors (Lipinski definition) is 2. The number of nitrogens with zero attached hydrogens (tertiary/aromatic N) is 3. The molecule has 1 aromatic rings. The number of carbonyl (C=O) groups excluding carboxylic acids is 2. The zero-order valence-electron chi connectivity index (χ0n) is 14.9. The van der Waals surface area contributed by atoms with Crippen molar-refractivity contribution in [1.29, 1.82) is 0 Å². The first-order chi connectivity index (χ1) is 12.1. The van der Waals surface area contributed by atoms with E-state index in [1.165, 1.54) is 6.42 Å². The maximum absolute atomic E-state index is 11.1. The molecule has 0 aliphatic carbocycles. The van der Waals surface area contributed by atoms with E-state index >= 15 is 0 Å². The van der Waals surface area contributed by atoms with E-state index in [9.17, 15) is 9.59 Å². The van der Waals surface area contributed by atoms with Gasteiger partial charge in [0, 0.05) is 25.9 Å². The van der Waals surface area contributed by atoms with Crippen molar-refractivity contribution in [1.82, 2.24) is 14.8 Å². The standard InChI is InChI=1S/C8H13NO.C6H9NO.C5H6N2/c1-2-9-7-5-3-4-6-8(9)10;1-2-7-5-3-4-6(7)8;1-2-7-4-3-6-5-7/h2H,1,3-7H2;2H,1,3-5H2;2-5H,1H2/p+1. The Morgan fingerprint density at radius 3 is 1.92 bits per heavy atom. The zero-order chi connectivity index (χ0) is 18.5. The van der Waals surface area contributed by atoms with Gasteiger partial charge in [-0.15, -0.1) is 0 Å². The molecule has 0 bridgehead atoms. The van der Waals surface area contributed by atoms with Crippen LogP contribution < -0.4 is 4.57 Å². The van der Waals surface area contributed by atoms with Gasteiger partial charge in [-0.2, -0.15) is 0 Å². The van der Waals surface area contributed by atoms with Crippen LogP contribution in [-0.2, 0) is 9.59 Å². The van der Waals surface area contributed by atoms with Gasteiger partial charge in [0.2, 0.25) is 18.1 Å². The molecule has 25 heavy (non-hydrogen) atoms. The SMILES string of the molecule is C=CN1CCCC1=O.C=CN1CCCCCC1=O.C=C[n+]1cc[nH]c1. The Morgan fingerprint density at radius 2 is 1.52 bits per heavy atom. The highest BCUT2D eigenvalue weighted by molar-refractivity contribution is 5.79. The Bertz CT molecular complexity index is 566. The number of nitrogens with one attached hydrogen (secondary N) is 1. The number of carbonyl (C=O) groups is 2. The molecule has 2 aliphatic heterocycles. The molecule has 3 rings (SSSR count). The minimum Gasteiger partial charge on any atom is -0.320 e. The second kappa shape index (κ2) is 11.8. The third-order valence-corrected chi connectivity index (χ3v) is 3.94. The van der Waals surface area contributed by atoms with Gasteiger partial charge in [0.15, 0.2) is 0 Å². The molecule has 1 aromatic heterocycles. The van der Waals surface area contributed by atoms with Crippen LogP contribution in [0.4, 0.5) is 0 Å². The molecule has 0 aromatic carbocycles. The van der Waals surface area contributed by atoms with Crippen molar-refractivity contribution in [3.8, 4) is 0 Å². The summed E-state index contributed by atoms with van der Waals surface area (Å²) in [6.45, 7) is 12.4. The van der Waals surface area contributed by atoms with Gasteiger partial charge in [0.25, 0.3) is 0 Å². The molecule has 3 heterocycles. The topological polar surface area (TPSA) is 60.3 Å².